The van der Waals surface area contributed by atoms with E-state index in [-0.39, 0.29) is 6.04 Å². The average Bonchev–Trinajstić information content (AvgIpc) is 2.97. The number of aryl methyl sites for hydroxylation is 1. The van der Waals surface area contributed by atoms with Gasteiger partial charge < -0.3 is 10.3 Å². The molecule has 0 aliphatic carbocycles. The first-order valence-electron chi connectivity index (χ1n) is 7.62. The van der Waals surface area contributed by atoms with Crippen molar-refractivity contribution in [2.24, 2.45) is 0 Å². The minimum Gasteiger partial charge on any atom is -0.341 e. The molecule has 3 aromatic rings. The lowest BCUT2D eigenvalue weighted by molar-refractivity contribution is 0.481. The predicted octanol–water partition coefficient (Wildman–Crippen LogP) is 3.51. The van der Waals surface area contributed by atoms with Crippen LogP contribution >= 0.6 is 0 Å². The molecule has 1 aliphatic heterocycles. The van der Waals surface area contributed by atoms with Crippen LogP contribution in [0.5, 0.6) is 0 Å². The Morgan fingerprint density at radius 1 is 1.14 bits per heavy atom. The van der Waals surface area contributed by atoms with E-state index in [0.29, 0.717) is 0 Å². The topological polar surface area (TPSA) is 40.7 Å². The molecule has 0 saturated heterocycles. The largest absolute Gasteiger partial charge is 0.341 e. The maximum Gasteiger partial charge on any atom is 0.124 e. The van der Waals surface area contributed by atoms with Crippen LogP contribution < -0.4 is 5.32 Å². The van der Waals surface area contributed by atoms with Gasteiger partial charge in [-0.1, -0.05) is 37.3 Å². The lowest BCUT2D eigenvalue weighted by atomic mass is 9.96. The van der Waals surface area contributed by atoms with Crippen molar-refractivity contribution in [1.82, 2.24) is 15.3 Å². The number of imidazole rings is 1. The fourth-order valence-corrected chi connectivity index (χ4v) is 3.11. The zero-order valence-electron chi connectivity index (χ0n) is 12.2. The number of aromatic amines is 1. The minimum atomic E-state index is 0.275. The molecule has 0 bridgehead atoms. The number of benzene rings is 2. The molecule has 2 aromatic carbocycles. The number of aromatic nitrogens is 2. The normalized spacial score (nSPS) is 17.9. The van der Waals surface area contributed by atoms with Gasteiger partial charge in [0, 0.05) is 6.54 Å². The smallest absolute Gasteiger partial charge is 0.124 e. The molecule has 0 fully saturated rings. The van der Waals surface area contributed by atoms with Crippen LogP contribution in [0.15, 0.2) is 42.5 Å². The zero-order chi connectivity index (χ0) is 14.2. The number of fused-ring (bicyclic) bond motifs is 2. The van der Waals surface area contributed by atoms with Crippen molar-refractivity contribution in [3.05, 3.63) is 65.0 Å². The van der Waals surface area contributed by atoms with E-state index in [1.165, 1.54) is 16.7 Å². The fraction of sp³-hybridized carbons (Fsp3) is 0.278. The molecular formula is C18H19N3. The second-order valence-electron chi connectivity index (χ2n) is 5.73. The second kappa shape index (κ2) is 5.01. The van der Waals surface area contributed by atoms with E-state index in [1.54, 1.807) is 0 Å². The molecule has 1 atom stereocenters. The number of rotatable bonds is 2. The third kappa shape index (κ3) is 2.24. The Morgan fingerprint density at radius 3 is 2.86 bits per heavy atom. The van der Waals surface area contributed by atoms with Gasteiger partial charge in [-0.2, -0.15) is 0 Å². The molecule has 2 heterocycles. The molecule has 106 valence electrons. The van der Waals surface area contributed by atoms with Gasteiger partial charge in [0.25, 0.3) is 0 Å². The molecule has 3 heteroatoms. The standard InChI is InChI=1S/C18H19N3/c1-2-12-7-8-15-16(9-12)21-18(20-15)17-10-13-5-3-4-6-14(13)11-19-17/h3-9,17,19H,2,10-11H2,1H3,(H,20,21). The molecular weight excluding hydrogens is 258 g/mol. The van der Waals surface area contributed by atoms with Gasteiger partial charge in [0.05, 0.1) is 17.1 Å². The van der Waals surface area contributed by atoms with E-state index in [2.05, 4.69) is 59.7 Å². The number of hydrogen-bond donors (Lipinski definition) is 2. The van der Waals surface area contributed by atoms with Crippen LogP contribution in [-0.2, 0) is 19.4 Å². The molecule has 1 unspecified atom stereocenters. The van der Waals surface area contributed by atoms with Crippen molar-refractivity contribution in [1.29, 1.82) is 0 Å². The summed E-state index contributed by atoms with van der Waals surface area (Å²) < 4.78 is 0. The molecule has 3 nitrogen and oxygen atoms in total. The number of hydrogen-bond acceptors (Lipinski definition) is 2. The summed E-state index contributed by atoms with van der Waals surface area (Å²) in [5.41, 5.74) is 6.38. The third-order valence-corrected chi connectivity index (χ3v) is 4.38. The maximum absolute atomic E-state index is 4.77. The molecule has 21 heavy (non-hydrogen) atoms. The van der Waals surface area contributed by atoms with Crippen molar-refractivity contribution in [2.45, 2.75) is 32.4 Å². The summed E-state index contributed by atoms with van der Waals surface area (Å²) in [7, 11) is 0. The van der Waals surface area contributed by atoms with Gasteiger partial charge in [0.1, 0.15) is 5.82 Å². The molecule has 0 spiro atoms. The van der Waals surface area contributed by atoms with Crippen molar-refractivity contribution < 1.29 is 0 Å². The quantitative estimate of drug-likeness (QED) is 0.752. The van der Waals surface area contributed by atoms with Gasteiger partial charge in [-0.15, -0.1) is 0 Å². The minimum absolute atomic E-state index is 0.275. The van der Waals surface area contributed by atoms with E-state index < -0.39 is 0 Å². The molecule has 0 saturated carbocycles. The zero-order valence-corrected chi connectivity index (χ0v) is 12.2. The van der Waals surface area contributed by atoms with Gasteiger partial charge in [-0.3, -0.25) is 0 Å². The maximum atomic E-state index is 4.77. The van der Waals surface area contributed by atoms with Gasteiger partial charge >= 0.3 is 0 Å². The summed E-state index contributed by atoms with van der Waals surface area (Å²) in [6, 6.07) is 15.4. The van der Waals surface area contributed by atoms with Crippen LogP contribution in [0.25, 0.3) is 11.0 Å². The lowest BCUT2D eigenvalue weighted by Crippen LogP contribution is -2.29. The summed E-state index contributed by atoms with van der Waals surface area (Å²) in [5.74, 6) is 1.05. The van der Waals surface area contributed by atoms with E-state index in [4.69, 9.17) is 4.98 Å². The first-order valence-corrected chi connectivity index (χ1v) is 7.62. The molecule has 1 aliphatic rings. The van der Waals surface area contributed by atoms with Crippen molar-refractivity contribution in [3.63, 3.8) is 0 Å². The summed E-state index contributed by atoms with van der Waals surface area (Å²) >= 11 is 0. The van der Waals surface area contributed by atoms with Gasteiger partial charge in [-0.25, -0.2) is 4.98 Å². The van der Waals surface area contributed by atoms with E-state index in [9.17, 15) is 0 Å². The summed E-state index contributed by atoms with van der Waals surface area (Å²) in [4.78, 5) is 8.26. The molecule has 0 radical (unpaired) electrons. The highest BCUT2D eigenvalue weighted by Gasteiger charge is 2.21. The monoisotopic (exact) mass is 277 g/mol. The summed E-state index contributed by atoms with van der Waals surface area (Å²) in [5, 5.41) is 3.59. The molecule has 4 rings (SSSR count). The van der Waals surface area contributed by atoms with E-state index in [0.717, 1.165) is 36.2 Å². The van der Waals surface area contributed by atoms with Crippen LogP contribution in [0.1, 0.15) is 35.5 Å². The highest BCUT2D eigenvalue weighted by molar-refractivity contribution is 5.76. The second-order valence-corrected chi connectivity index (χ2v) is 5.73. The van der Waals surface area contributed by atoms with Crippen molar-refractivity contribution in [3.8, 4) is 0 Å². The van der Waals surface area contributed by atoms with Gasteiger partial charge in [0.15, 0.2) is 0 Å². The van der Waals surface area contributed by atoms with Gasteiger partial charge in [0.2, 0.25) is 0 Å². The van der Waals surface area contributed by atoms with Crippen molar-refractivity contribution >= 4 is 11.0 Å². The first-order chi connectivity index (χ1) is 10.3. The van der Waals surface area contributed by atoms with Gasteiger partial charge in [-0.05, 0) is 41.7 Å². The molecule has 0 amide bonds. The van der Waals surface area contributed by atoms with Crippen LogP contribution in [-0.4, -0.2) is 9.97 Å². The van der Waals surface area contributed by atoms with Crippen LogP contribution in [0, 0.1) is 0 Å². The number of nitrogens with one attached hydrogen (secondary N) is 2. The number of nitrogens with zero attached hydrogens (tertiary/aromatic N) is 1. The lowest BCUT2D eigenvalue weighted by Gasteiger charge is -2.24. The summed E-state index contributed by atoms with van der Waals surface area (Å²) in [6.07, 6.45) is 2.05. The number of H-pyrrole nitrogens is 1. The molecule has 1 aromatic heterocycles. The summed E-state index contributed by atoms with van der Waals surface area (Å²) in [6.45, 7) is 3.09. The fourth-order valence-electron chi connectivity index (χ4n) is 3.11. The highest BCUT2D eigenvalue weighted by atomic mass is 15.0. The Bertz CT molecular complexity index is 788. The van der Waals surface area contributed by atoms with Crippen LogP contribution in [0.3, 0.4) is 0 Å². The Labute approximate surface area is 124 Å². The first kappa shape index (κ1) is 12.6. The Kier molecular flexibility index (Phi) is 3.00. The van der Waals surface area contributed by atoms with Crippen LogP contribution in [0.4, 0.5) is 0 Å². The predicted molar refractivity (Wildman–Crippen MR) is 85.2 cm³/mol. The Balaban J connectivity index is 1.68. The third-order valence-electron chi connectivity index (χ3n) is 4.38. The van der Waals surface area contributed by atoms with Crippen molar-refractivity contribution in [2.75, 3.05) is 0 Å². The van der Waals surface area contributed by atoms with Crippen LogP contribution in [0.2, 0.25) is 0 Å². The Hall–Kier alpha value is -2.13. The average molecular weight is 277 g/mol. The Morgan fingerprint density at radius 2 is 2.00 bits per heavy atom. The van der Waals surface area contributed by atoms with E-state index >= 15 is 0 Å². The highest BCUT2D eigenvalue weighted by Crippen LogP contribution is 2.26. The SMILES string of the molecule is CCc1ccc2nc(C3Cc4ccccc4CN3)[nH]c2c1. The van der Waals surface area contributed by atoms with E-state index in [1.807, 2.05) is 0 Å². The molecule has 2 N–H and O–H groups in total.